The second-order valence-electron chi connectivity index (χ2n) is 6.37. The van der Waals surface area contributed by atoms with E-state index in [-0.39, 0.29) is 28.6 Å². The quantitative estimate of drug-likeness (QED) is 0.347. The maximum absolute atomic E-state index is 13.2. The van der Waals surface area contributed by atoms with Crippen molar-refractivity contribution in [1.29, 1.82) is 0 Å². The Hall–Kier alpha value is -3.83. The highest BCUT2D eigenvalue weighted by atomic mass is 19.4. The van der Waals surface area contributed by atoms with Gasteiger partial charge in [0.05, 0.1) is 16.8 Å². The van der Waals surface area contributed by atoms with Crippen molar-refractivity contribution in [3.63, 3.8) is 0 Å². The number of fused-ring (bicyclic) bond motifs is 1. The molecule has 0 fully saturated rings. The molecule has 2 heterocycles. The summed E-state index contributed by atoms with van der Waals surface area (Å²) in [7, 11) is 0. The normalized spacial score (nSPS) is 12.2. The number of anilines is 4. The van der Waals surface area contributed by atoms with Crippen molar-refractivity contribution in [3.8, 4) is 0 Å². The molecule has 31 heavy (non-hydrogen) atoms. The fourth-order valence-corrected chi connectivity index (χ4v) is 2.83. The molecule has 0 amide bonds. The Morgan fingerprint density at radius 1 is 0.774 bits per heavy atom. The number of hydrogen-bond acceptors (Lipinski definition) is 5. The molecule has 0 atom stereocenters. The van der Waals surface area contributed by atoms with Crippen molar-refractivity contribution in [2.75, 3.05) is 10.6 Å². The fraction of sp³-hybridized carbons (Fsp3) is 0.105. The van der Waals surface area contributed by atoms with Crippen molar-refractivity contribution in [2.45, 2.75) is 12.4 Å². The lowest BCUT2D eigenvalue weighted by molar-refractivity contribution is -0.138. The molecular weight excluding hydrogens is 426 g/mol. The van der Waals surface area contributed by atoms with Gasteiger partial charge in [0.15, 0.2) is 11.5 Å². The highest BCUT2D eigenvalue weighted by molar-refractivity contribution is 5.87. The average Bonchev–Trinajstić information content (AvgIpc) is 3.11. The highest BCUT2D eigenvalue weighted by Crippen LogP contribution is 2.36. The van der Waals surface area contributed by atoms with E-state index in [0.29, 0.717) is 5.69 Å². The molecule has 0 saturated heterocycles. The minimum Gasteiger partial charge on any atom is -0.338 e. The molecule has 0 aliphatic carbocycles. The lowest BCUT2D eigenvalue weighted by Gasteiger charge is -2.12. The van der Waals surface area contributed by atoms with Gasteiger partial charge < -0.3 is 15.6 Å². The summed E-state index contributed by atoms with van der Waals surface area (Å²) in [6.07, 6.45) is -7.86. The molecule has 0 aliphatic rings. The lowest BCUT2D eigenvalue weighted by atomic mass is 10.1. The number of rotatable bonds is 4. The Labute approximate surface area is 170 Å². The number of imidazole rings is 1. The van der Waals surface area contributed by atoms with Crippen LogP contribution in [-0.4, -0.2) is 19.9 Å². The van der Waals surface area contributed by atoms with Gasteiger partial charge in [-0.1, -0.05) is 12.1 Å². The molecule has 0 saturated carbocycles. The molecule has 4 aromatic rings. The number of hydrogen-bond donors (Lipinski definition) is 3. The van der Waals surface area contributed by atoms with Crippen LogP contribution in [0.5, 0.6) is 0 Å². The van der Waals surface area contributed by atoms with Gasteiger partial charge in [0, 0.05) is 5.69 Å². The van der Waals surface area contributed by atoms with E-state index in [0.717, 1.165) is 18.2 Å². The summed E-state index contributed by atoms with van der Waals surface area (Å²) in [5.74, 6) is 0.178. The van der Waals surface area contributed by atoms with Crippen molar-refractivity contribution >= 4 is 34.3 Å². The van der Waals surface area contributed by atoms with Crippen LogP contribution in [0.4, 0.5) is 49.5 Å². The number of halogens is 6. The van der Waals surface area contributed by atoms with E-state index < -0.39 is 23.5 Å². The number of nitrogens with zero attached hydrogens (tertiary/aromatic N) is 3. The van der Waals surface area contributed by atoms with Gasteiger partial charge in [0.25, 0.3) is 0 Å². The van der Waals surface area contributed by atoms with E-state index in [4.69, 9.17) is 0 Å². The number of H-pyrrole nitrogens is 1. The Morgan fingerprint density at radius 2 is 1.48 bits per heavy atom. The molecule has 0 unspecified atom stereocenters. The molecule has 0 radical (unpaired) electrons. The minimum absolute atomic E-state index is 0.0114. The van der Waals surface area contributed by atoms with Gasteiger partial charge in [0.1, 0.15) is 11.8 Å². The molecule has 6 nitrogen and oxygen atoms in total. The van der Waals surface area contributed by atoms with Crippen LogP contribution in [-0.2, 0) is 12.4 Å². The first-order chi connectivity index (χ1) is 14.6. The smallest absolute Gasteiger partial charge is 0.338 e. The first-order valence-electron chi connectivity index (χ1n) is 8.69. The first-order valence-corrected chi connectivity index (χ1v) is 8.69. The number of aromatic amines is 1. The molecule has 12 heteroatoms. The molecule has 0 spiro atoms. The van der Waals surface area contributed by atoms with Crippen LogP contribution in [0.25, 0.3) is 11.2 Å². The van der Waals surface area contributed by atoms with Crippen LogP contribution in [0.2, 0.25) is 0 Å². The van der Waals surface area contributed by atoms with Gasteiger partial charge in [-0.05, 0) is 36.4 Å². The number of alkyl halides is 6. The van der Waals surface area contributed by atoms with Crippen LogP contribution >= 0.6 is 0 Å². The molecule has 3 N–H and O–H groups in total. The first kappa shape index (κ1) is 20.4. The van der Waals surface area contributed by atoms with Gasteiger partial charge in [0.2, 0.25) is 5.95 Å². The van der Waals surface area contributed by atoms with Gasteiger partial charge in [-0.15, -0.1) is 0 Å². The molecule has 0 bridgehead atoms. The van der Waals surface area contributed by atoms with Crippen LogP contribution in [0.1, 0.15) is 11.1 Å². The minimum atomic E-state index is -4.56. The second kappa shape index (κ2) is 7.45. The van der Waals surface area contributed by atoms with E-state index in [2.05, 4.69) is 30.6 Å². The average molecular weight is 438 g/mol. The Kier molecular flexibility index (Phi) is 4.91. The van der Waals surface area contributed by atoms with Crippen molar-refractivity contribution in [1.82, 2.24) is 19.9 Å². The predicted molar refractivity (Wildman–Crippen MR) is 101 cm³/mol. The summed E-state index contributed by atoms with van der Waals surface area (Å²) < 4.78 is 77.7. The van der Waals surface area contributed by atoms with Crippen LogP contribution in [0.3, 0.4) is 0 Å². The largest absolute Gasteiger partial charge is 0.418 e. The van der Waals surface area contributed by atoms with Crippen molar-refractivity contribution in [2.24, 2.45) is 0 Å². The molecular formula is C19H12F6N6. The summed E-state index contributed by atoms with van der Waals surface area (Å²) in [6.45, 7) is 0. The number of nitrogens with one attached hydrogen (secondary N) is 3. The number of benzene rings is 2. The Balaban J connectivity index is 1.63. The van der Waals surface area contributed by atoms with Crippen molar-refractivity contribution in [3.05, 3.63) is 66.0 Å². The SMILES string of the molecule is FC(F)(F)c1ccc(Nc2ncnc3nc(Nc4ccccc4C(F)(F)F)[nH]c23)cc1. The molecule has 0 aliphatic heterocycles. The molecule has 2 aromatic heterocycles. The van der Waals surface area contributed by atoms with E-state index in [1.807, 2.05) is 0 Å². The number of para-hydroxylation sites is 1. The summed E-state index contributed by atoms with van der Waals surface area (Å²) in [6, 6.07) is 9.18. The standard InChI is InChI=1S/C19H12F6N6/c20-18(21,22)10-5-7-11(8-6-10)28-15-14-16(27-9-26-15)31-17(30-14)29-13-4-2-1-3-12(13)19(23,24)25/h1-9H,(H3,26,27,28,29,30,31). The fourth-order valence-electron chi connectivity index (χ4n) is 2.83. The molecule has 2 aromatic carbocycles. The number of aromatic nitrogens is 4. The van der Waals surface area contributed by atoms with E-state index in [9.17, 15) is 26.3 Å². The van der Waals surface area contributed by atoms with Crippen LogP contribution < -0.4 is 10.6 Å². The maximum Gasteiger partial charge on any atom is 0.418 e. The van der Waals surface area contributed by atoms with Crippen LogP contribution in [0, 0.1) is 0 Å². The summed E-state index contributed by atoms with van der Waals surface area (Å²) in [4.78, 5) is 14.9. The third kappa shape index (κ3) is 4.37. The van der Waals surface area contributed by atoms with E-state index >= 15 is 0 Å². The van der Waals surface area contributed by atoms with Crippen molar-refractivity contribution < 1.29 is 26.3 Å². The van der Waals surface area contributed by atoms with Gasteiger partial charge in [-0.3, -0.25) is 0 Å². The monoisotopic (exact) mass is 438 g/mol. The summed E-state index contributed by atoms with van der Waals surface area (Å²) in [5.41, 5.74) is -1.16. The zero-order valence-electron chi connectivity index (χ0n) is 15.3. The summed E-state index contributed by atoms with van der Waals surface area (Å²) in [5, 5.41) is 5.42. The zero-order chi connectivity index (χ0) is 22.2. The van der Waals surface area contributed by atoms with Crippen LogP contribution in [0.15, 0.2) is 54.9 Å². The summed E-state index contributed by atoms with van der Waals surface area (Å²) >= 11 is 0. The Bertz CT molecular complexity index is 1210. The van der Waals surface area contributed by atoms with E-state index in [1.54, 1.807) is 0 Å². The maximum atomic E-state index is 13.2. The topological polar surface area (TPSA) is 78.5 Å². The predicted octanol–water partition coefficient (Wildman–Crippen LogP) is 5.88. The Morgan fingerprint density at radius 3 is 2.16 bits per heavy atom. The molecule has 4 rings (SSSR count). The van der Waals surface area contributed by atoms with E-state index in [1.165, 1.54) is 36.7 Å². The van der Waals surface area contributed by atoms with Gasteiger partial charge >= 0.3 is 12.4 Å². The molecule has 160 valence electrons. The second-order valence-corrected chi connectivity index (χ2v) is 6.37. The highest BCUT2D eigenvalue weighted by Gasteiger charge is 2.33. The third-order valence-electron chi connectivity index (χ3n) is 4.25. The third-order valence-corrected chi connectivity index (χ3v) is 4.25. The zero-order valence-corrected chi connectivity index (χ0v) is 15.3. The van der Waals surface area contributed by atoms with Gasteiger partial charge in [-0.25, -0.2) is 9.97 Å². The lowest BCUT2D eigenvalue weighted by Crippen LogP contribution is -2.08. The van der Waals surface area contributed by atoms with Gasteiger partial charge in [-0.2, -0.15) is 31.3 Å².